The van der Waals surface area contributed by atoms with Gasteiger partial charge in [-0.25, -0.2) is 8.78 Å². The van der Waals surface area contributed by atoms with E-state index in [1.165, 1.54) is 17.9 Å². The van der Waals surface area contributed by atoms with Gasteiger partial charge in [-0.15, -0.1) is 0 Å². The number of rotatable bonds is 0. The van der Waals surface area contributed by atoms with Gasteiger partial charge < -0.3 is 10.2 Å². The van der Waals surface area contributed by atoms with Gasteiger partial charge in [-0.05, 0) is 19.9 Å². The molecule has 0 fully saturated rings. The molecule has 1 aromatic rings. The Labute approximate surface area is 98.4 Å². The average Bonchev–Trinajstić information content (AvgIpc) is 2.17. The molecule has 1 amide bonds. The number of hydrogen-bond acceptors (Lipinski definition) is 2. The molecule has 3 nitrogen and oxygen atoms in total. The average molecular weight is 240 g/mol. The maximum atomic E-state index is 13.7. The topological polar surface area (TPSA) is 32.3 Å². The minimum atomic E-state index is -0.686. The highest BCUT2D eigenvalue weighted by atomic mass is 19.1. The number of carbonyl (C=O) groups excluding carboxylic acids is 1. The molecule has 1 aromatic carbocycles. The Morgan fingerprint density at radius 2 is 2.06 bits per heavy atom. The van der Waals surface area contributed by atoms with Gasteiger partial charge in [-0.2, -0.15) is 0 Å². The SMILES string of the molecule is CC(=O)N1CC(C)(C)Nc2c(F)cc(F)cc21. The first-order valence-corrected chi connectivity index (χ1v) is 5.35. The standard InChI is InChI=1S/C12H14F2N2O/c1-7(17)16-6-12(2,3)15-11-9(14)4-8(13)5-10(11)16/h4-5,15H,6H2,1-3H3. The molecule has 0 saturated carbocycles. The first kappa shape index (κ1) is 11.8. The molecule has 0 aromatic heterocycles. The minimum Gasteiger partial charge on any atom is -0.374 e. The summed E-state index contributed by atoms with van der Waals surface area (Å²) in [6.45, 7) is 5.47. The molecule has 92 valence electrons. The van der Waals surface area contributed by atoms with Crippen molar-refractivity contribution < 1.29 is 13.6 Å². The molecule has 0 unspecified atom stereocenters. The predicted molar refractivity (Wildman–Crippen MR) is 62.1 cm³/mol. The van der Waals surface area contributed by atoms with E-state index in [9.17, 15) is 13.6 Å². The zero-order valence-electron chi connectivity index (χ0n) is 9.97. The maximum Gasteiger partial charge on any atom is 0.224 e. The van der Waals surface area contributed by atoms with Gasteiger partial charge in [0.25, 0.3) is 0 Å². The van der Waals surface area contributed by atoms with Crippen molar-refractivity contribution >= 4 is 17.3 Å². The maximum absolute atomic E-state index is 13.7. The number of nitrogens with one attached hydrogen (secondary N) is 1. The Morgan fingerprint density at radius 3 is 2.65 bits per heavy atom. The zero-order valence-corrected chi connectivity index (χ0v) is 9.97. The Balaban J connectivity index is 2.60. The minimum absolute atomic E-state index is 0.179. The van der Waals surface area contributed by atoms with Gasteiger partial charge in [-0.3, -0.25) is 4.79 Å². The molecular weight excluding hydrogens is 226 g/mol. The Bertz CT molecular complexity index is 486. The molecule has 0 aliphatic carbocycles. The highest BCUT2D eigenvalue weighted by molar-refractivity contribution is 5.96. The lowest BCUT2D eigenvalue weighted by Crippen LogP contribution is -2.50. The van der Waals surface area contributed by atoms with E-state index < -0.39 is 17.2 Å². The van der Waals surface area contributed by atoms with Gasteiger partial charge in [0.1, 0.15) is 5.82 Å². The number of halogens is 2. The van der Waals surface area contributed by atoms with Crippen molar-refractivity contribution in [1.82, 2.24) is 0 Å². The van der Waals surface area contributed by atoms with Crippen LogP contribution in [0.25, 0.3) is 0 Å². The quantitative estimate of drug-likeness (QED) is 0.755. The third kappa shape index (κ3) is 2.09. The van der Waals surface area contributed by atoms with Gasteiger partial charge in [0, 0.05) is 25.1 Å². The molecule has 5 heteroatoms. The van der Waals surface area contributed by atoms with Gasteiger partial charge >= 0.3 is 0 Å². The molecule has 1 aliphatic rings. The summed E-state index contributed by atoms with van der Waals surface area (Å²) in [4.78, 5) is 12.9. The summed E-state index contributed by atoms with van der Waals surface area (Å²) in [6, 6.07) is 1.98. The van der Waals surface area contributed by atoms with E-state index in [-0.39, 0.29) is 17.3 Å². The van der Waals surface area contributed by atoms with Crippen molar-refractivity contribution in [2.75, 3.05) is 16.8 Å². The molecular formula is C12H14F2N2O. The molecule has 0 radical (unpaired) electrons. The second-order valence-electron chi connectivity index (χ2n) is 4.90. The lowest BCUT2D eigenvalue weighted by atomic mass is 9.99. The van der Waals surface area contributed by atoms with Crippen molar-refractivity contribution in [2.45, 2.75) is 26.3 Å². The molecule has 1 N–H and O–H groups in total. The largest absolute Gasteiger partial charge is 0.374 e. The van der Waals surface area contributed by atoms with E-state index in [1.807, 2.05) is 13.8 Å². The smallest absolute Gasteiger partial charge is 0.224 e. The van der Waals surface area contributed by atoms with Gasteiger partial charge in [0.2, 0.25) is 5.91 Å². The second kappa shape index (κ2) is 3.68. The summed E-state index contributed by atoms with van der Waals surface area (Å²) in [5.74, 6) is -1.60. The third-order valence-corrected chi connectivity index (χ3v) is 2.72. The van der Waals surface area contributed by atoms with Gasteiger partial charge in [0.15, 0.2) is 5.82 Å². The molecule has 17 heavy (non-hydrogen) atoms. The summed E-state index contributed by atoms with van der Waals surface area (Å²) >= 11 is 0. The van der Waals surface area contributed by atoms with Crippen LogP contribution >= 0.6 is 0 Å². The van der Waals surface area contributed by atoms with Gasteiger partial charge in [-0.1, -0.05) is 0 Å². The van der Waals surface area contributed by atoms with E-state index in [2.05, 4.69) is 5.32 Å². The highest BCUT2D eigenvalue weighted by Gasteiger charge is 2.33. The van der Waals surface area contributed by atoms with E-state index >= 15 is 0 Å². The Morgan fingerprint density at radius 1 is 1.41 bits per heavy atom. The second-order valence-corrected chi connectivity index (χ2v) is 4.90. The number of anilines is 2. The van der Waals surface area contributed by atoms with Crippen LogP contribution in [0.15, 0.2) is 12.1 Å². The summed E-state index contributed by atoms with van der Waals surface area (Å²) in [6.07, 6.45) is 0. The highest BCUT2D eigenvalue weighted by Crippen LogP contribution is 2.37. The van der Waals surface area contributed by atoms with Crippen molar-refractivity contribution in [3.63, 3.8) is 0 Å². The number of benzene rings is 1. The first-order valence-electron chi connectivity index (χ1n) is 5.35. The summed E-state index contributed by atoms with van der Waals surface area (Å²) in [5.41, 5.74) is -0.00988. The van der Waals surface area contributed by atoms with Crippen LogP contribution in [0.5, 0.6) is 0 Å². The number of amides is 1. The molecule has 0 bridgehead atoms. The molecule has 0 atom stereocenters. The van der Waals surface area contributed by atoms with Crippen LogP contribution in [0.4, 0.5) is 20.2 Å². The van der Waals surface area contributed by atoms with Crippen LogP contribution in [-0.2, 0) is 4.79 Å². The fourth-order valence-corrected chi connectivity index (χ4v) is 2.04. The van der Waals surface area contributed by atoms with Crippen molar-refractivity contribution in [2.24, 2.45) is 0 Å². The van der Waals surface area contributed by atoms with E-state index in [4.69, 9.17) is 0 Å². The van der Waals surface area contributed by atoms with Gasteiger partial charge in [0.05, 0.1) is 11.4 Å². The summed E-state index contributed by atoms with van der Waals surface area (Å²) in [7, 11) is 0. The number of carbonyl (C=O) groups is 1. The van der Waals surface area contributed by atoms with Crippen LogP contribution < -0.4 is 10.2 Å². The van der Waals surface area contributed by atoms with E-state index in [0.717, 1.165) is 6.07 Å². The monoisotopic (exact) mass is 240 g/mol. The van der Waals surface area contributed by atoms with Crippen molar-refractivity contribution in [3.8, 4) is 0 Å². The lowest BCUT2D eigenvalue weighted by Gasteiger charge is -2.40. The van der Waals surface area contributed by atoms with Crippen molar-refractivity contribution in [3.05, 3.63) is 23.8 Å². The molecule has 1 heterocycles. The fourth-order valence-electron chi connectivity index (χ4n) is 2.04. The Kier molecular flexibility index (Phi) is 2.56. The fraction of sp³-hybridized carbons (Fsp3) is 0.417. The van der Waals surface area contributed by atoms with Crippen molar-refractivity contribution in [1.29, 1.82) is 0 Å². The van der Waals surface area contributed by atoms with Crippen LogP contribution in [-0.4, -0.2) is 18.0 Å². The third-order valence-electron chi connectivity index (χ3n) is 2.72. The predicted octanol–water partition coefficient (Wildman–Crippen LogP) is 2.52. The molecule has 0 saturated heterocycles. The normalized spacial score (nSPS) is 17.4. The number of hydrogen-bond donors (Lipinski definition) is 1. The first-order chi connectivity index (χ1) is 7.80. The summed E-state index contributed by atoms with van der Waals surface area (Å²) in [5, 5.41) is 2.98. The number of fused-ring (bicyclic) bond motifs is 1. The molecule has 0 spiro atoms. The zero-order chi connectivity index (χ0) is 12.8. The van der Waals surface area contributed by atoms with Crippen LogP contribution in [0, 0.1) is 11.6 Å². The van der Waals surface area contributed by atoms with Crippen LogP contribution in [0.3, 0.4) is 0 Å². The van der Waals surface area contributed by atoms with E-state index in [0.29, 0.717) is 6.54 Å². The van der Waals surface area contributed by atoms with Crippen LogP contribution in [0.1, 0.15) is 20.8 Å². The molecule has 1 aliphatic heterocycles. The molecule has 2 rings (SSSR count). The van der Waals surface area contributed by atoms with E-state index in [1.54, 1.807) is 0 Å². The van der Waals surface area contributed by atoms with Crippen LogP contribution in [0.2, 0.25) is 0 Å². The summed E-state index contributed by atoms with van der Waals surface area (Å²) < 4.78 is 26.9. The Hall–Kier alpha value is -1.65. The number of nitrogens with zero attached hydrogens (tertiary/aromatic N) is 1. The lowest BCUT2D eigenvalue weighted by molar-refractivity contribution is -0.116.